The number of allylic oxidation sites excluding steroid dienone is 1. The van der Waals surface area contributed by atoms with E-state index in [1.165, 1.54) is 11.8 Å². The van der Waals surface area contributed by atoms with Gasteiger partial charge in [-0.3, -0.25) is 4.79 Å². The van der Waals surface area contributed by atoms with Gasteiger partial charge in [0, 0.05) is 16.5 Å². The number of ether oxygens (including phenoxy) is 3. The number of para-hydroxylation sites is 2. The van der Waals surface area contributed by atoms with Crippen LogP contribution in [-0.4, -0.2) is 41.5 Å². The highest BCUT2D eigenvalue weighted by atomic mass is 35.5. The Morgan fingerprint density at radius 3 is 2.58 bits per heavy atom. The van der Waals surface area contributed by atoms with Crippen LogP contribution in [0.15, 0.2) is 83.2 Å². The van der Waals surface area contributed by atoms with E-state index in [2.05, 4.69) is 17.6 Å². The summed E-state index contributed by atoms with van der Waals surface area (Å²) in [4.78, 5) is 18.7. The van der Waals surface area contributed by atoms with E-state index in [1.54, 1.807) is 31.0 Å². The van der Waals surface area contributed by atoms with Crippen LogP contribution in [0, 0.1) is 0 Å². The Bertz CT molecular complexity index is 1640. The first kappa shape index (κ1) is 30.3. The molecule has 43 heavy (non-hydrogen) atoms. The molecule has 1 unspecified atom stereocenters. The molecular formula is C32H34ClN5O4S. The molecule has 0 saturated carbocycles. The molecule has 1 atom stereocenters. The Balaban J connectivity index is 1.53. The van der Waals surface area contributed by atoms with Crippen LogP contribution in [0.25, 0.3) is 0 Å². The standard InChI is InChI=1S/C32H34ClN5O4S/c1-5-6-17-42-26-16-15-21(18-27(26)41-4)29-28(30(39)35-24-13-9-10-14-25(24)40-3)20(2)34-31-36-32(37-38(29)31)43-19-22-11-7-8-12-23(22)33/h7-16,18,29H,5-6,17,19H2,1-4H3,(H,35,39)(H,34,36,37). The van der Waals surface area contributed by atoms with Crippen LogP contribution in [0.5, 0.6) is 17.2 Å². The van der Waals surface area contributed by atoms with Crippen molar-refractivity contribution in [3.8, 4) is 17.2 Å². The Labute approximate surface area is 260 Å². The first-order valence-electron chi connectivity index (χ1n) is 14.0. The van der Waals surface area contributed by atoms with Gasteiger partial charge in [-0.25, -0.2) is 4.68 Å². The molecule has 0 saturated heterocycles. The third kappa shape index (κ3) is 6.76. The van der Waals surface area contributed by atoms with Crippen molar-refractivity contribution in [2.75, 3.05) is 31.5 Å². The average molecular weight is 620 g/mol. The number of carbonyl (C=O) groups excluding carboxylic acids is 1. The van der Waals surface area contributed by atoms with Crippen molar-refractivity contribution < 1.29 is 19.0 Å². The van der Waals surface area contributed by atoms with Crippen molar-refractivity contribution in [1.29, 1.82) is 0 Å². The summed E-state index contributed by atoms with van der Waals surface area (Å²) in [6, 6.07) is 20.1. The summed E-state index contributed by atoms with van der Waals surface area (Å²) in [6.07, 6.45) is 1.96. The summed E-state index contributed by atoms with van der Waals surface area (Å²) in [5.74, 6) is 2.60. The zero-order valence-corrected chi connectivity index (χ0v) is 26.1. The van der Waals surface area contributed by atoms with Gasteiger partial charge in [-0.05, 0) is 54.8 Å². The lowest BCUT2D eigenvalue weighted by Gasteiger charge is -2.29. The van der Waals surface area contributed by atoms with Gasteiger partial charge in [0.2, 0.25) is 11.1 Å². The maximum Gasteiger partial charge on any atom is 0.255 e. The summed E-state index contributed by atoms with van der Waals surface area (Å²) < 4.78 is 18.9. The lowest BCUT2D eigenvalue weighted by atomic mass is 9.94. The van der Waals surface area contributed by atoms with Crippen LogP contribution in [0.3, 0.4) is 0 Å². The monoisotopic (exact) mass is 619 g/mol. The number of fused-ring (bicyclic) bond motifs is 1. The normalized spacial score (nSPS) is 14.1. The molecule has 0 radical (unpaired) electrons. The largest absolute Gasteiger partial charge is 0.495 e. The number of benzene rings is 3. The van der Waals surface area contributed by atoms with Gasteiger partial charge in [0.25, 0.3) is 5.91 Å². The first-order chi connectivity index (χ1) is 20.9. The van der Waals surface area contributed by atoms with Gasteiger partial charge in [-0.1, -0.05) is 73.1 Å². The number of aromatic nitrogens is 3. The maximum absolute atomic E-state index is 14.0. The lowest BCUT2D eigenvalue weighted by molar-refractivity contribution is -0.113. The number of thioether (sulfide) groups is 1. The van der Waals surface area contributed by atoms with Crippen LogP contribution in [-0.2, 0) is 10.5 Å². The number of rotatable bonds is 12. The predicted molar refractivity (Wildman–Crippen MR) is 171 cm³/mol. The summed E-state index contributed by atoms with van der Waals surface area (Å²) in [5.41, 5.74) is 3.47. The molecule has 0 bridgehead atoms. The molecule has 0 fully saturated rings. The second kappa shape index (κ2) is 13.9. The minimum absolute atomic E-state index is 0.298. The Kier molecular flexibility index (Phi) is 9.79. The third-order valence-electron chi connectivity index (χ3n) is 7.01. The van der Waals surface area contributed by atoms with E-state index in [9.17, 15) is 4.79 Å². The molecule has 9 nitrogen and oxygen atoms in total. The van der Waals surface area contributed by atoms with E-state index >= 15 is 0 Å². The van der Waals surface area contributed by atoms with E-state index in [0.717, 1.165) is 24.0 Å². The van der Waals surface area contributed by atoms with Crippen LogP contribution in [0.2, 0.25) is 5.02 Å². The van der Waals surface area contributed by atoms with Gasteiger partial charge in [-0.2, -0.15) is 4.98 Å². The molecule has 4 aromatic rings. The van der Waals surface area contributed by atoms with Gasteiger partial charge in [-0.15, -0.1) is 5.10 Å². The third-order valence-corrected chi connectivity index (χ3v) is 8.26. The second-order valence-corrected chi connectivity index (χ2v) is 11.2. The summed E-state index contributed by atoms with van der Waals surface area (Å²) in [5, 5.41) is 12.4. The molecule has 1 aliphatic heterocycles. The number of nitrogens with one attached hydrogen (secondary N) is 2. The maximum atomic E-state index is 14.0. The molecule has 0 aliphatic carbocycles. The highest BCUT2D eigenvalue weighted by Crippen LogP contribution is 2.40. The van der Waals surface area contributed by atoms with E-state index in [4.69, 9.17) is 35.9 Å². The minimum atomic E-state index is -0.605. The Hall–Kier alpha value is -4.15. The van der Waals surface area contributed by atoms with Crippen LogP contribution >= 0.6 is 23.4 Å². The smallest absolute Gasteiger partial charge is 0.255 e. The van der Waals surface area contributed by atoms with Gasteiger partial charge >= 0.3 is 0 Å². The molecule has 1 amide bonds. The molecule has 2 N–H and O–H groups in total. The van der Waals surface area contributed by atoms with Crippen LogP contribution in [0.1, 0.15) is 43.9 Å². The van der Waals surface area contributed by atoms with Crippen molar-refractivity contribution in [1.82, 2.24) is 14.8 Å². The molecule has 2 heterocycles. The molecule has 5 rings (SSSR count). The lowest BCUT2D eigenvalue weighted by Crippen LogP contribution is -2.31. The molecule has 1 aliphatic rings. The van der Waals surface area contributed by atoms with Crippen molar-refractivity contribution in [3.63, 3.8) is 0 Å². The summed E-state index contributed by atoms with van der Waals surface area (Å²) in [7, 11) is 3.18. The highest BCUT2D eigenvalue weighted by Gasteiger charge is 2.35. The number of hydrogen-bond donors (Lipinski definition) is 2. The van der Waals surface area contributed by atoms with Gasteiger partial charge in [0.05, 0.1) is 32.1 Å². The SMILES string of the molecule is CCCCOc1ccc(C2C(C(=O)Nc3ccccc3OC)=C(C)Nc3nc(SCc4ccccc4Cl)nn32)cc1OC. The van der Waals surface area contributed by atoms with Crippen molar-refractivity contribution in [2.24, 2.45) is 0 Å². The van der Waals surface area contributed by atoms with Crippen molar-refractivity contribution >= 4 is 40.9 Å². The minimum Gasteiger partial charge on any atom is -0.495 e. The van der Waals surface area contributed by atoms with Crippen LogP contribution in [0.4, 0.5) is 11.6 Å². The fourth-order valence-corrected chi connectivity index (χ4v) is 5.90. The zero-order valence-electron chi connectivity index (χ0n) is 24.5. The fraction of sp³-hybridized carbons (Fsp3) is 0.281. The highest BCUT2D eigenvalue weighted by molar-refractivity contribution is 7.98. The number of methoxy groups -OCH3 is 2. The summed E-state index contributed by atoms with van der Waals surface area (Å²) >= 11 is 7.85. The number of unbranched alkanes of at least 4 members (excludes halogenated alkanes) is 1. The first-order valence-corrected chi connectivity index (χ1v) is 15.4. The number of halogens is 1. The Morgan fingerprint density at radius 1 is 1.05 bits per heavy atom. The Morgan fingerprint density at radius 2 is 1.81 bits per heavy atom. The quantitative estimate of drug-likeness (QED) is 0.125. The van der Waals surface area contributed by atoms with Gasteiger partial charge < -0.3 is 24.8 Å². The number of hydrogen-bond acceptors (Lipinski definition) is 8. The zero-order chi connectivity index (χ0) is 30.3. The fourth-order valence-electron chi connectivity index (χ4n) is 4.79. The van der Waals surface area contributed by atoms with Crippen molar-refractivity contribution in [3.05, 3.63) is 94.1 Å². The van der Waals surface area contributed by atoms with E-state index in [-0.39, 0.29) is 5.91 Å². The molecular weight excluding hydrogens is 586 g/mol. The number of carbonyl (C=O) groups is 1. The predicted octanol–water partition coefficient (Wildman–Crippen LogP) is 7.35. The van der Waals surface area contributed by atoms with E-state index in [0.29, 0.717) is 62.7 Å². The second-order valence-electron chi connectivity index (χ2n) is 9.88. The van der Waals surface area contributed by atoms with E-state index in [1.807, 2.05) is 61.5 Å². The van der Waals surface area contributed by atoms with Gasteiger partial charge in [0.15, 0.2) is 11.5 Å². The van der Waals surface area contributed by atoms with Crippen molar-refractivity contribution in [2.45, 2.75) is 43.6 Å². The van der Waals surface area contributed by atoms with Gasteiger partial charge in [0.1, 0.15) is 11.8 Å². The number of anilines is 2. The number of nitrogens with zero attached hydrogens (tertiary/aromatic N) is 3. The van der Waals surface area contributed by atoms with Crippen LogP contribution < -0.4 is 24.8 Å². The molecule has 11 heteroatoms. The van der Waals surface area contributed by atoms with E-state index < -0.39 is 6.04 Å². The molecule has 1 aromatic heterocycles. The average Bonchev–Trinajstić information content (AvgIpc) is 3.42. The molecule has 3 aromatic carbocycles. The topological polar surface area (TPSA) is 99.5 Å². The summed E-state index contributed by atoms with van der Waals surface area (Å²) in [6.45, 7) is 4.56. The molecule has 0 spiro atoms. The molecule has 224 valence electrons. The number of amides is 1.